The summed E-state index contributed by atoms with van der Waals surface area (Å²) in [7, 11) is 0. The number of hydrogen-bond donors (Lipinski definition) is 3. The van der Waals surface area contributed by atoms with Crippen LogP contribution in [-0.4, -0.2) is 17.1 Å². The lowest BCUT2D eigenvalue weighted by Gasteiger charge is -2.30. The molecule has 1 aliphatic carbocycles. The van der Waals surface area contributed by atoms with E-state index < -0.39 is 5.97 Å². The lowest BCUT2D eigenvalue weighted by atomic mass is 9.77. The van der Waals surface area contributed by atoms with E-state index >= 15 is 0 Å². The Labute approximate surface area is 85.4 Å². The van der Waals surface area contributed by atoms with Crippen LogP contribution in [0.5, 0.6) is 0 Å². The second-order valence-electron chi connectivity index (χ2n) is 4.03. The molecule has 0 heterocycles. The smallest absolute Gasteiger partial charge is 0.306 e. The molecule has 4 nitrogen and oxygen atoms in total. The second kappa shape index (κ2) is 5.98. The summed E-state index contributed by atoms with van der Waals surface area (Å²) < 4.78 is 0. The van der Waals surface area contributed by atoms with Crippen molar-refractivity contribution in [1.29, 1.82) is 0 Å². The number of rotatable bonds is 3. The van der Waals surface area contributed by atoms with Gasteiger partial charge in [-0.1, -0.05) is 13.3 Å². The monoisotopic (exact) mass is 202 g/mol. The van der Waals surface area contributed by atoms with Gasteiger partial charge in [-0.05, 0) is 31.6 Å². The first-order chi connectivity index (χ1) is 6.15. The van der Waals surface area contributed by atoms with Crippen molar-refractivity contribution in [3.8, 4) is 0 Å². The summed E-state index contributed by atoms with van der Waals surface area (Å²) in [5.41, 5.74) is 5.92. The molecule has 0 aromatic heterocycles. The van der Waals surface area contributed by atoms with Crippen molar-refractivity contribution in [3.63, 3.8) is 0 Å². The molecule has 3 atom stereocenters. The minimum Gasteiger partial charge on any atom is -0.481 e. The maximum absolute atomic E-state index is 10.8. The van der Waals surface area contributed by atoms with Crippen molar-refractivity contribution in [1.82, 2.24) is 6.15 Å². The van der Waals surface area contributed by atoms with E-state index in [1.807, 2.05) is 0 Å². The zero-order valence-electron chi connectivity index (χ0n) is 8.91. The van der Waals surface area contributed by atoms with Crippen LogP contribution in [0.4, 0.5) is 0 Å². The average molecular weight is 202 g/mol. The molecule has 0 aliphatic heterocycles. The number of nitrogens with two attached hydrogens (primary N) is 1. The van der Waals surface area contributed by atoms with Gasteiger partial charge in [0.25, 0.3) is 0 Å². The van der Waals surface area contributed by atoms with Gasteiger partial charge in [-0.3, -0.25) is 4.79 Å². The van der Waals surface area contributed by atoms with Crippen LogP contribution >= 0.6 is 0 Å². The van der Waals surface area contributed by atoms with Crippen LogP contribution in [0.2, 0.25) is 0 Å². The summed E-state index contributed by atoms with van der Waals surface area (Å²) in [6.45, 7) is 2.06. The van der Waals surface area contributed by atoms with Crippen LogP contribution in [0.15, 0.2) is 0 Å². The molecule has 14 heavy (non-hydrogen) atoms. The lowest BCUT2D eigenvalue weighted by molar-refractivity contribution is -0.143. The van der Waals surface area contributed by atoms with Crippen LogP contribution in [-0.2, 0) is 4.79 Å². The lowest BCUT2D eigenvalue weighted by Crippen LogP contribution is -2.35. The van der Waals surface area contributed by atoms with Crippen LogP contribution in [0.3, 0.4) is 0 Å². The van der Waals surface area contributed by atoms with Gasteiger partial charge in [-0.2, -0.15) is 0 Å². The van der Waals surface area contributed by atoms with E-state index in [4.69, 9.17) is 10.8 Å². The molecule has 1 aliphatic rings. The number of carboxylic acids is 1. The first kappa shape index (κ1) is 13.4. The predicted molar refractivity (Wildman–Crippen MR) is 56.4 cm³/mol. The van der Waals surface area contributed by atoms with Crippen molar-refractivity contribution < 1.29 is 9.90 Å². The largest absolute Gasteiger partial charge is 0.481 e. The van der Waals surface area contributed by atoms with Gasteiger partial charge < -0.3 is 17.0 Å². The molecular weight excluding hydrogens is 180 g/mol. The highest BCUT2D eigenvalue weighted by molar-refractivity contribution is 5.70. The third-order valence-corrected chi connectivity index (χ3v) is 3.14. The SMILES string of the molecule is CCC(N)C1CCCC(C(=O)O)C1.N. The van der Waals surface area contributed by atoms with Gasteiger partial charge in [0, 0.05) is 6.04 Å². The van der Waals surface area contributed by atoms with Gasteiger partial charge >= 0.3 is 5.97 Å². The summed E-state index contributed by atoms with van der Waals surface area (Å²) in [6, 6.07) is 0.196. The first-order valence-electron chi connectivity index (χ1n) is 5.13. The van der Waals surface area contributed by atoms with E-state index in [1.165, 1.54) is 0 Å². The predicted octanol–water partition coefficient (Wildman–Crippen LogP) is 1.78. The van der Waals surface area contributed by atoms with Gasteiger partial charge in [0.1, 0.15) is 0 Å². The summed E-state index contributed by atoms with van der Waals surface area (Å²) in [4.78, 5) is 10.8. The zero-order chi connectivity index (χ0) is 9.84. The summed E-state index contributed by atoms with van der Waals surface area (Å²) in [5, 5.41) is 8.87. The standard InChI is InChI=1S/C10H19NO2.H3N/c1-2-9(11)7-4-3-5-8(6-7)10(12)13;/h7-9H,2-6,11H2,1H3,(H,12,13);1H3. The molecule has 0 bridgehead atoms. The molecule has 3 unspecified atom stereocenters. The van der Waals surface area contributed by atoms with Crippen molar-refractivity contribution in [3.05, 3.63) is 0 Å². The summed E-state index contributed by atoms with van der Waals surface area (Å²) >= 11 is 0. The average Bonchev–Trinajstić information content (AvgIpc) is 2.17. The topological polar surface area (TPSA) is 98.3 Å². The third kappa shape index (κ3) is 3.27. The van der Waals surface area contributed by atoms with E-state index in [0.29, 0.717) is 5.92 Å². The fourth-order valence-electron chi connectivity index (χ4n) is 2.17. The molecule has 0 radical (unpaired) electrons. The quantitative estimate of drug-likeness (QED) is 0.649. The number of carboxylic acid groups (broad SMARTS) is 1. The minimum absolute atomic E-state index is 0. The highest BCUT2D eigenvalue weighted by atomic mass is 16.4. The molecule has 0 spiro atoms. The Morgan fingerprint density at radius 2 is 2.21 bits per heavy atom. The third-order valence-electron chi connectivity index (χ3n) is 3.14. The molecule has 0 saturated heterocycles. The molecule has 0 aromatic carbocycles. The molecule has 84 valence electrons. The highest BCUT2D eigenvalue weighted by Gasteiger charge is 2.29. The molecule has 6 N–H and O–H groups in total. The van der Waals surface area contributed by atoms with E-state index in [2.05, 4.69) is 6.92 Å². The van der Waals surface area contributed by atoms with Gasteiger partial charge in [0.15, 0.2) is 0 Å². The molecule has 1 saturated carbocycles. The summed E-state index contributed by atoms with van der Waals surface area (Å²) in [5.74, 6) is -0.357. The Bertz CT molecular complexity index is 185. The molecule has 0 aromatic rings. The highest BCUT2D eigenvalue weighted by Crippen LogP contribution is 2.31. The fourth-order valence-corrected chi connectivity index (χ4v) is 2.17. The van der Waals surface area contributed by atoms with Crippen molar-refractivity contribution in [2.45, 2.75) is 45.1 Å². The van der Waals surface area contributed by atoms with E-state index in [9.17, 15) is 4.79 Å². The summed E-state index contributed by atoms with van der Waals surface area (Å²) in [6.07, 6.45) is 4.71. The van der Waals surface area contributed by atoms with Crippen LogP contribution < -0.4 is 11.9 Å². The normalized spacial score (nSPS) is 29.0. The minimum atomic E-state index is -0.645. The van der Waals surface area contributed by atoms with Gasteiger partial charge in [0.2, 0.25) is 0 Å². The Kier molecular flexibility index (Phi) is 5.72. The van der Waals surface area contributed by atoms with Gasteiger partial charge in [-0.25, -0.2) is 0 Å². The van der Waals surface area contributed by atoms with Gasteiger partial charge in [0.05, 0.1) is 5.92 Å². The Morgan fingerprint density at radius 3 is 2.71 bits per heavy atom. The van der Waals surface area contributed by atoms with E-state index in [0.717, 1.165) is 32.1 Å². The molecule has 4 heteroatoms. The molecule has 1 rings (SSSR count). The van der Waals surface area contributed by atoms with Crippen LogP contribution in [0, 0.1) is 11.8 Å². The van der Waals surface area contributed by atoms with Crippen molar-refractivity contribution in [2.75, 3.05) is 0 Å². The van der Waals surface area contributed by atoms with E-state index in [-0.39, 0.29) is 18.1 Å². The Balaban J connectivity index is 0.00000169. The molecular formula is C10H22N2O2. The molecule has 1 fully saturated rings. The van der Waals surface area contributed by atoms with Crippen molar-refractivity contribution in [2.24, 2.45) is 17.6 Å². The maximum Gasteiger partial charge on any atom is 0.306 e. The Morgan fingerprint density at radius 1 is 1.57 bits per heavy atom. The maximum atomic E-state index is 10.8. The first-order valence-corrected chi connectivity index (χ1v) is 5.13. The van der Waals surface area contributed by atoms with Crippen LogP contribution in [0.25, 0.3) is 0 Å². The Hall–Kier alpha value is -0.610. The second-order valence-corrected chi connectivity index (χ2v) is 4.03. The van der Waals surface area contributed by atoms with Crippen molar-refractivity contribution >= 4 is 5.97 Å². The van der Waals surface area contributed by atoms with E-state index in [1.54, 1.807) is 0 Å². The molecule has 0 amide bonds. The number of carbonyl (C=O) groups is 1. The fraction of sp³-hybridized carbons (Fsp3) is 0.900. The number of hydrogen-bond acceptors (Lipinski definition) is 3. The zero-order valence-corrected chi connectivity index (χ0v) is 8.91. The van der Waals surface area contributed by atoms with Gasteiger partial charge in [-0.15, -0.1) is 0 Å². The number of aliphatic carboxylic acids is 1. The van der Waals surface area contributed by atoms with Crippen LogP contribution in [0.1, 0.15) is 39.0 Å².